The Morgan fingerprint density at radius 3 is 1.22 bits per heavy atom. The first-order valence-corrected chi connectivity index (χ1v) is 20.0. The second-order valence-corrected chi connectivity index (χ2v) is 15.1. The molecule has 0 N–H and O–H groups in total. The predicted molar refractivity (Wildman–Crippen MR) is 244 cm³/mol. The summed E-state index contributed by atoms with van der Waals surface area (Å²) in [6.45, 7) is 0. The minimum absolute atomic E-state index is 0.561. The van der Waals surface area contributed by atoms with E-state index in [1.165, 1.54) is 21.5 Å². The van der Waals surface area contributed by atoms with E-state index in [-0.39, 0.29) is 0 Å². The van der Waals surface area contributed by atoms with Crippen LogP contribution in [-0.2, 0) is 0 Å². The third-order valence-corrected chi connectivity index (χ3v) is 11.7. The van der Waals surface area contributed by atoms with Gasteiger partial charge in [0.05, 0.1) is 33.4 Å². The zero-order valence-electron chi connectivity index (χ0n) is 32.0. The summed E-state index contributed by atoms with van der Waals surface area (Å²) in [6, 6.07) is 75.6. The van der Waals surface area contributed by atoms with E-state index in [4.69, 9.17) is 9.40 Å². The number of benzene rings is 9. The van der Waals surface area contributed by atoms with E-state index in [0.29, 0.717) is 5.89 Å². The fourth-order valence-corrected chi connectivity index (χ4v) is 9.14. The molecule has 0 aliphatic heterocycles. The Hall–Kier alpha value is -7.95. The van der Waals surface area contributed by atoms with Gasteiger partial charge in [-0.2, -0.15) is 0 Å². The average molecular weight is 754 g/mol. The van der Waals surface area contributed by atoms with E-state index in [1.54, 1.807) is 0 Å². The van der Waals surface area contributed by atoms with Crippen molar-refractivity contribution in [1.29, 1.82) is 0 Å². The van der Waals surface area contributed by atoms with Crippen LogP contribution >= 0.6 is 0 Å². The first-order chi connectivity index (χ1) is 29.3. The molecule has 12 aromatic rings. The molecule has 0 aliphatic rings. The van der Waals surface area contributed by atoms with Gasteiger partial charge in [0.2, 0.25) is 5.89 Å². The Kier molecular flexibility index (Phi) is 7.50. The molecule has 59 heavy (non-hydrogen) atoms. The van der Waals surface area contributed by atoms with Crippen molar-refractivity contribution in [3.8, 4) is 56.2 Å². The van der Waals surface area contributed by atoms with E-state index >= 15 is 0 Å². The molecule has 0 radical (unpaired) electrons. The lowest BCUT2D eigenvalue weighted by molar-refractivity contribution is 0.620. The number of hydrogen-bond acceptors (Lipinski definition) is 2. The van der Waals surface area contributed by atoms with Crippen molar-refractivity contribution in [2.75, 3.05) is 0 Å². The number of nitrogens with zero attached hydrogens (tertiary/aromatic N) is 3. The van der Waals surface area contributed by atoms with Crippen molar-refractivity contribution in [3.63, 3.8) is 0 Å². The summed E-state index contributed by atoms with van der Waals surface area (Å²) in [6.07, 6.45) is 0. The number of rotatable bonds is 6. The Morgan fingerprint density at radius 2 is 0.746 bits per heavy atom. The van der Waals surface area contributed by atoms with Crippen molar-refractivity contribution in [2.45, 2.75) is 0 Å². The lowest BCUT2D eigenvalue weighted by atomic mass is 9.97. The Balaban J connectivity index is 1.23. The van der Waals surface area contributed by atoms with Crippen LogP contribution in [0, 0.1) is 0 Å². The van der Waals surface area contributed by atoms with Crippen LogP contribution in [0.4, 0.5) is 0 Å². The molecule has 0 fully saturated rings. The molecule has 4 nitrogen and oxygen atoms in total. The van der Waals surface area contributed by atoms with E-state index in [1.807, 2.05) is 0 Å². The third-order valence-electron chi connectivity index (χ3n) is 11.7. The van der Waals surface area contributed by atoms with Crippen molar-refractivity contribution >= 4 is 54.7 Å². The molecule has 3 aromatic heterocycles. The smallest absolute Gasteiger partial charge is 0.227 e. The Bertz CT molecular complexity index is 3300. The van der Waals surface area contributed by atoms with Crippen molar-refractivity contribution in [1.82, 2.24) is 14.1 Å². The third kappa shape index (κ3) is 5.27. The van der Waals surface area contributed by atoms with Crippen LogP contribution in [-0.4, -0.2) is 14.1 Å². The lowest BCUT2D eigenvalue weighted by Gasteiger charge is -2.21. The normalized spacial score (nSPS) is 11.7. The molecule has 12 rings (SSSR count). The van der Waals surface area contributed by atoms with Gasteiger partial charge in [-0.15, -0.1) is 0 Å². The van der Waals surface area contributed by atoms with Gasteiger partial charge < -0.3 is 13.6 Å². The van der Waals surface area contributed by atoms with Crippen LogP contribution in [0.1, 0.15) is 0 Å². The van der Waals surface area contributed by atoms with E-state index in [0.717, 1.165) is 83.5 Å². The maximum Gasteiger partial charge on any atom is 0.227 e. The highest BCUT2D eigenvalue weighted by Gasteiger charge is 2.25. The number of hydrogen-bond donors (Lipinski definition) is 0. The van der Waals surface area contributed by atoms with E-state index < -0.39 is 0 Å². The summed E-state index contributed by atoms with van der Waals surface area (Å²) in [5.74, 6) is 0.561. The van der Waals surface area contributed by atoms with Crippen LogP contribution in [0.15, 0.2) is 217 Å². The second kappa shape index (κ2) is 13.3. The zero-order chi connectivity index (χ0) is 38.9. The topological polar surface area (TPSA) is 35.9 Å². The van der Waals surface area contributed by atoms with Gasteiger partial charge in [0, 0.05) is 38.2 Å². The molecule has 0 amide bonds. The molecule has 0 saturated carbocycles. The van der Waals surface area contributed by atoms with Gasteiger partial charge in [-0.3, -0.25) is 0 Å². The molecule has 9 aromatic carbocycles. The molecule has 0 atom stereocenters. The maximum absolute atomic E-state index is 6.99. The SMILES string of the molecule is c1ccc(-c2cc(-c3ccccc3)c3nc(-c4cc(-n5c6ccccc6c6ccccc65)c(-c5ccccc5)c(-n5c6ccccc6c6ccccc65)c4)oc3c2)cc1. The molecule has 4 heteroatoms. The average Bonchev–Trinajstić information content (AvgIpc) is 4.00. The predicted octanol–water partition coefficient (Wildman–Crippen LogP) is 14.7. The van der Waals surface area contributed by atoms with Gasteiger partial charge in [-0.05, 0) is 70.8 Å². The van der Waals surface area contributed by atoms with Gasteiger partial charge in [-0.1, -0.05) is 164 Å². The summed E-state index contributed by atoms with van der Waals surface area (Å²) in [4.78, 5) is 5.41. The van der Waals surface area contributed by atoms with Gasteiger partial charge in [0.25, 0.3) is 0 Å². The molecule has 0 spiro atoms. The summed E-state index contributed by atoms with van der Waals surface area (Å²) in [5, 5.41) is 4.81. The summed E-state index contributed by atoms with van der Waals surface area (Å²) >= 11 is 0. The fraction of sp³-hybridized carbons (Fsp3) is 0. The van der Waals surface area contributed by atoms with Crippen molar-refractivity contribution in [2.24, 2.45) is 0 Å². The molecule has 276 valence electrons. The van der Waals surface area contributed by atoms with Gasteiger partial charge in [-0.25, -0.2) is 4.98 Å². The number of para-hydroxylation sites is 4. The Labute approximate surface area is 340 Å². The highest BCUT2D eigenvalue weighted by Crippen LogP contribution is 2.45. The van der Waals surface area contributed by atoms with E-state index in [9.17, 15) is 0 Å². The first-order valence-electron chi connectivity index (χ1n) is 20.0. The van der Waals surface area contributed by atoms with Gasteiger partial charge in [0.15, 0.2) is 5.58 Å². The van der Waals surface area contributed by atoms with E-state index in [2.05, 4.69) is 221 Å². The standard InChI is InChI=1S/C55H35N3O/c1-4-18-36(19-5-1)39-32-45(37-20-6-2-7-21-37)54-52(35-39)59-55(56-54)40-33-50(57-46-28-14-10-24-41(46)42-25-11-15-29-47(42)57)53(38-22-8-3-9-23-38)51(34-40)58-48-30-16-12-26-43(48)44-27-13-17-31-49(44)58/h1-35H. The summed E-state index contributed by atoms with van der Waals surface area (Å²) < 4.78 is 11.8. The van der Waals surface area contributed by atoms with Crippen LogP contribution in [0.2, 0.25) is 0 Å². The van der Waals surface area contributed by atoms with Crippen LogP contribution in [0.25, 0.3) is 111 Å². The lowest BCUT2D eigenvalue weighted by Crippen LogP contribution is -2.05. The van der Waals surface area contributed by atoms with Crippen molar-refractivity contribution in [3.05, 3.63) is 212 Å². The molecule has 0 bridgehead atoms. The quantitative estimate of drug-likeness (QED) is 0.169. The van der Waals surface area contributed by atoms with Crippen LogP contribution in [0.5, 0.6) is 0 Å². The second-order valence-electron chi connectivity index (χ2n) is 15.1. The van der Waals surface area contributed by atoms with Gasteiger partial charge in [0.1, 0.15) is 5.52 Å². The molecular weight excluding hydrogens is 719 g/mol. The molecule has 0 unspecified atom stereocenters. The van der Waals surface area contributed by atoms with Crippen LogP contribution in [0.3, 0.4) is 0 Å². The number of fused-ring (bicyclic) bond motifs is 7. The van der Waals surface area contributed by atoms with Gasteiger partial charge >= 0.3 is 0 Å². The molecular formula is C55H35N3O. The number of aromatic nitrogens is 3. The summed E-state index contributed by atoms with van der Waals surface area (Å²) in [7, 11) is 0. The molecule has 0 saturated heterocycles. The fourth-order valence-electron chi connectivity index (χ4n) is 9.14. The minimum Gasteiger partial charge on any atom is -0.436 e. The highest BCUT2D eigenvalue weighted by molar-refractivity contribution is 6.12. The molecule has 3 heterocycles. The monoisotopic (exact) mass is 753 g/mol. The largest absolute Gasteiger partial charge is 0.436 e. The minimum atomic E-state index is 0.561. The molecule has 0 aliphatic carbocycles. The Morgan fingerprint density at radius 1 is 0.339 bits per heavy atom. The highest BCUT2D eigenvalue weighted by atomic mass is 16.3. The van der Waals surface area contributed by atoms with Crippen LogP contribution < -0.4 is 0 Å². The zero-order valence-corrected chi connectivity index (χ0v) is 32.0. The first kappa shape index (κ1) is 33.2. The number of oxazole rings is 1. The maximum atomic E-state index is 6.99. The van der Waals surface area contributed by atoms with Crippen molar-refractivity contribution < 1.29 is 4.42 Å². The summed E-state index contributed by atoms with van der Waals surface area (Å²) in [5.41, 5.74) is 15.6.